The van der Waals surface area contributed by atoms with Crippen molar-refractivity contribution >= 4 is 11.6 Å². The van der Waals surface area contributed by atoms with Crippen molar-refractivity contribution < 1.29 is 4.74 Å². The van der Waals surface area contributed by atoms with E-state index in [1.807, 2.05) is 24.3 Å². The van der Waals surface area contributed by atoms with E-state index in [4.69, 9.17) is 10.5 Å². The summed E-state index contributed by atoms with van der Waals surface area (Å²) in [6.45, 7) is 0. The summed E-state index contributed by atoms with van der Waals surface area (Å²) in [5.41, 5.74) is 7.14. The lowest BCUT2D eigenvalue weighted by atomic mass is 10.3. The van der Waals surface area contributed by atoms with Crippen LogP contribution in [0.1, 0.15) is 18.4 Å². The van der Waals surface area contributed by atoms with Gasteiger partial charge in [0.2, 0.25) is 0 Å². The van der Waals surface area contributed by atoms with Gasteiger partial charge in [0.05, 0.1) is 7.11 Å². The summed E-state index contributed by atoms with van der Waals surface area (Å²) in [5.74, 6) is 1.52. The van der Waals surface area contributed by atoms with Crippen LogP contribution in [0, 0.1) is 11.3 Å². The number of anilines is 2. The van der Waals surface area contributed by atoms with E-state index in [1.165, 1.54) is 0 Å². The van der Waals surface area contributed by atoms with Crippen LogP contribution in [-0.2, 0) is 0 Å². The van der Waals surface area contributed by atoms with Gasteiger partial charge in [-0.3, -0.25) is 0 Å². The Morgan fingerprint density at radius 1 is 1.45 bits per heavy atom. The molecule has 20 heavy (non-hydrogen) atoms. The number of hydrogen-bond donors (Lipinski definition) is 2. The molecule has 102 valence electrons. The molecule has 0 unspecified atom stereocenters. The van der Waals surface area contributed by atoms with Crippen molar-refractivity contribution in [2.45, 2.75) is 18.9 Å². The highest BCUT2D eigenvalue weighted by molar-refractivity contribution is 5.67. The van der Waals surface area contributed by atoms with Crippen LogP contribution in [0.25, 0.3) is 5.69 Å². The number of rotatable bonds is 4. The number of methoxy groups -OCH3 is 1. The molecule has 1 fully saturated rings. The first-order valence-electron chi connectivity index (χ1n) is 6.43. The van der Waals surface area contributed by atoms with Gasteiger partial charge in [0.25, 0.3) is 0 Å². The van der Waals surface area contributed by atoms with Crippen LogP contribution < -0.4 is 15.8 Å². The number of nitrogens with one attached hydrogen (secondary N) is 1. The molecular weight excluding hydrogens is 254 g/mol. The fourth-order valence-corrected chi connectivity index (χ4v) is 2.05. The third-order valence-corrected chi connectivity index (χ3v) is 3.26. The number of nitrogens with zero attached hydrogens (tertiary/aromatic N) is 3. The Morgan fingerprint density at radius 3 is 2.85 bits per heavy atom. The van der Waals surface area contributed by atoms with Crippen LogP contribution in [0.4, 0.5) is 11.6 Å². The smallest absolute Gasteiger partial charge is 0.168 e. The Labute approximate surface area is 116 Å². The predicted molar refractivity (Wildman–Crippen MR) is 75.9 cm³/mol. The summed E-state index contributed by atoms with van der Waals surface area (Å²) in [6.07, 6.45) is 2.21. The third kappa shape index (κ3) is 2.03. The molecule has 2 aromatic rings. The molecule has 0 bridgehead atoms. The van der Waals surface area contributed by atoms with E-state index in [0.717, 1.165) is 12.8 Å². The molecule has 3 N–H and O–H groups in total. The first-order valence-corrected chi connectivity index (χ1v) is 6.43. The lowest BCUT2D eigenvalue weighted by Crippen LogP contribution is -2.05. The molecule has 1 saturated carbocycles. The van der Waals surface area contributed by atoms with Gasteiger partial charge in [-0.05, 0) is 25.0 Å². The van der Waals surface area contributed by atoms with Crippen molar-refractivity contribution in [2.75, 3.05) is 18.2 Å². The van der Waals surface area contributed by atoms with Crippen LogP contribution in [-0.4, -0.2) is 22.9 Å². The van der Waals surface area contributed by atoms with Gasteiger partial charge in [-0.25, -0.2) is 4.68 Å². The SMILES string of the molecule is COc1ccccc1-n1nc(NC2CC2)c(C#N)c1N. The minimum Gasteiger partial charge on any atom is -0.494 e. The van der Waals surface area contributed by atoms with Crippen LogP contribution in [0.15, 0.2) is 24.3 Å². The molecule has 6 nitrogen and oxygen atoms in total. The highest BCUT2D eigenvalue weighted by atomic mass is 16.5. The van der Waals surface area contributed by atoms with Crippen LogP contribution >= 0.6 is 0 Å². The van der Waals surface area contributed by atoms with E-state index < -0.39 is 0 Å². The molecule has 3 rings (SSSR count). The fraction of sp³-hybridized carbons (Fsp3) is 0.286. The van der Waals surface area contributed by atoms with Crippen LogP contribution in [0.5, 0.6) is 5.75 Å². The molecule has 1 aliphatic carbocycles. The molecule has 0 radical (unpaired) electrons. The number of benzene rings is 1. The van der Waals surface area contributed by atoms with Gasteiger partial charge in [0, 0.05) is 6.04 Å². The maximum absolute atomic E-state index is 9.26. The molecule has 0 amide bonds. The number of hydrogen-bond acceptors (Lipinski definition) is 5. The van der Waals surface area contributed by atoms with Crippen LogP contribution in [0.3, 0.4) is 0 Å². The molecule has 1 aromatic carbocycles. The van der Waals surface area contributed by atoms with E-state index in [-0.39, 0.29) is 0 Å². The minimum absolute atomic E-state index is 0.320. The van der Waals surface area contributed by atoms with Gasteiger partial charge in [0.15, 0.2) is 5.82 Å². The summed E-state index contributed by atoms with van der Waals surface area (Å²) in [7, 11) is 1.59. The third-order valence-electron chi connectivity index (χ3n) is 3.26. The Morgan fingerprint density at radius 2 is 2.20 bits per heavy atom. The topological polar surface area (TPSA) is 88.9 Å². The summed E-state index contributed by atoms with van der Waals surface area (Å²) in [6, 6.07) is 9.95. The van der Waals surface area contributed by atoms with Gasteiger partial charge >= 0.3 is 0 Å². The average molecular weight is 269 g/mol. The van der Waals surface area contributed by atoms with Crippen molar-refractivity contribution in [3.05, 3.63) is 29.8 Å². The van der Waals surface area contributed by atoms with E-state index in [9.17, 15) is 5.26 Å². The number of nitrogens with two attached hydrogens (primary N) is 1. The van der Waals surface area contributed by atoms with Crippen molar-refractivity contribution in [1.29, 1.82) is 5.26 Å². The first kappa shape index (κ1) is 12.4. The molecule has 1 heterocycles. The molecule has 0 aliphatic heterocycles. The van der Waals surface area contributed by atoms with E-state index in [2.05, 4.69) is 16.5 Å². The Kier molecular flexibility index (Phi) is 2.95. The highest BCUT2D eigenvalue weighted by Crippen LogP contribution is 2.32. The first-order chi connectivity index (χ1) is 9.74. The van der Waals surface area contributed by atoms with E-state index in [1.54, 1.807) is 11.8 Å². The fourth-order valence-electron chi connectivity index (χ4n) is 2.05. The summed E-state index contributed by atoms with van der Waals surface area (Å²) >= 11 is 0. The van der Waals surface area contributed by atoms with E-state index in [0.29, 0.717) is 34.7 Å². The zero-order chi connectivity index (χ0) is 14.1. The summed E-state index contributed by atoms with van der Waals surface area (Å²) < 4.78 is 6.85. The van der Waals surface area contributed by atoms with E-state index >= 15 is 0 Å². The second-order valence-corrected chi connectivity index (χ2v) is 4.72. The Balaban J connectivity index is 2.09. The maximum Gasteiger partial charge on any atom is 0.168 e. The molecule has 0 saturated heterocycles. The molecule has 0 spiro atoms. The Bertz CT molecular complexity index is 681. The number of nitrogen functional groups attached to an aromatic ring is 1. The number of ether oxygens (including phenoxy) is 1. The minimum atomic E-state index is 0.320. The highest BCUT2D eigenvalue weighted by Gasteiger charge is 2.26. The van der Waals surface area contributed by atoms with Crippen molar-refractivity contribution in [1.82, 2.24) is 9.78 Å². The zero-order valence-corrected chi connectivity index (χ0v) is 11.1. The molecule has 1 aromatic heterocycles. The quantitative estimate of drug-likeness (QED) is 0.885. The standard InChI is InChI=1S/C14H15N5O/c1-20-12-5-3-2-4-11(12)19-13(16)10(8-15)14(18-19)17-9-6-7-9/h2-5,9H,6-7,16H2,1H3,(H,17,18). The van der Waals surface area contributed by atoms with Gasteiger partial charge in [-0.15, -0.1) is 5.10 Å². The second kappa shape index (κ2) is 4.78. The van der Waals surface area contributed by atoms with Crippen molar-refractivity contribution in [3.8, 4) is 17.5 Å². The Hall–Kier alpha value is -2.68. The monoisotopic (exact) mass is 269 g/mol. The molecule has 0 atom stereocenters. The van der Waals surface area contributed by atoms with Gasteiger partial charge < -0.3 is 15.8 Å². The summed E-state index contributed by atoms with van der Waals surface area (Å²) in [4.78, 5) is 0. The van der Waals surface area contributed by atoms with Gasteiger partial charge in [-0.2, -0.15) is 5.26 Å². The number of aromatic nitrogens is 2. The van der Waals surface area contributed by atoms with Crippen molar-refractivity contribution in [3.63, 3.8) is 0 Å². The van der Waals surface area contributed by atoms with Crippen LogP contribution in [0.2, 0.25) is 0 Å². The normalized spacial score (nSPS) is 13.8. The molecular formula is C14H15N5O. The average Bonchev–Trinajstić information content (AvgIpc) is 3.23. The van der Waals surface area contributed by atoms with Crippen molar-refractivity contribution in [2.24, 2.45) is 0 Å². The van der Waals surface area contributed by atoms with Gasteiger partial charge in [0.1, 0.15) is 28.9 Å². The summed E-state index contributed by atoms with van der Waals surface area (Å²) in [5, 5.41) is 16.9. The molecule has 6 heteroatoms. The largest absolute Gasteiger partial charge is 0.494 e. The zero-order valence-electron chi connectivity index (χ0n) is 11.1. The number of nitriles is 1. The van der Waals surface area contributed by atoms with Gasteiger partial charge in [-0.1, -0.05) is 12.1 Å². The lowest BCUT2D eigenvalue weighted by molar-refractivity contribution is 0.412. The lowest BCUT2D eigenvalue weighted by Gasteiger charge is -2.09. The number of para-hydroxylation sites is 2. The maximum atomic E-state index is 9.26. The second-order valence-electron chi connectivity index (χ2n) is 4.72. The predicted octanol–water partition coefficient (Wildman–Crippen LogP) is 1.91. The molecule has 1 aliphatic rings.